The molecule has 0 saturated carbocycles. The van der Waals surface area contributed by atoms with Crippen LogP contribution < -0.4 is 20.7 Å². The van der Waals surface area contributed by atoms with Crippen molar-refractivity contribution in [3.63, 3.8) is 0 Å². The highest BCUT2D eigenvalue weighted by molar-refractivity contribution is 5.85. The number of para-hydroxylation sites is 3. The summed E-state index contributed by atoms with van der Waals surface area (Å²) >= 11 is 0. The summed E-state index contributed by atoms with van der Waals surface area (Å²) < 4.78 is 5.27. The molecule has 0 aliphatic rings. The Balaban J connectivity index is 1.61. The van der Waals surface area contributed by atoms with Gasteiger partial charge < -0.3 is 20.7 Å². The summed E-state index contributed by atoms with van der Waals surface area (Å²) in [5.74, 6) is -0.211. The van der Waals surface area contributed by atoms with Crippen LogP contribution in [0.2, 0.25) is 0 Å². The van der Waals surface area contributed by atoms with E-state index in [0.29, 0.717) is 18.0 Å². The number of hydrogen-bond donors (Lipinski definition) is 3. The quantitative estimate of drug-likeness (QED) is 0.328. The highest BCUT2D eigenvalue weighted by Crippen LogP contribution is 2.22. The first-order valence-electron chi connectivity index (χ1n) is 8.25. The van der Waals surface area contributed by atoms with Crippen LogP contribution in [0.3, 0.4) is 0 Å². The van der Waals surface area contributed by atoms with Crippen molar-refractivity contribution in [2.45, 2.75) is 0 Å². The predicted molar refractivity (Wildman–Crippen MR) is 99.5 cm³/mol. The second kappa shape index (κ2) is 10.4. The van der Waals surface area contributed by atoms with Gasteiger partial charge in [-0.05, 0) is 18.2 Å². The van der Waals surface area contributed by atoms with E-state index in [1.165, 1.54) is 6.07 Å². The number of hydrogen-bond acceptors (Lipinski definition) is 6. The van der Waals surface area contributed by atoms with Crippen molar-refractivity contribution in [3.8, 4) is 5.75 Å². The molecule has 2 rings (SSSR count). The van der Waals surface area contributed by atoms with Crippen molar-refractivity contribution in [2.75, 3.05) is 31.6 Å². The summed E-state index contributed by atoms with van der Waals surface area (Å²) in [4.78, 5) is 33.8. The lowest BCUT2D eigenvalue weighted by molar-refractivity contribution is -0.384. The zero-order chi connectivity index (χ0) is 19.5. The molecule has 3 N–H and O–H groups in total. The summed E-state index contributed by atoms with van der Waals surface area (Å²) in [5.41, 5.74) is 0.345. The Kier molecular flexibility index (Phi) is 7.58. The Morgan fingerprint density at radius 3 is 2.37 bits per heavy atom. The van der Waals surface area contributed by atoms with E-state index in [4.69, 9.17) is 4.74 Å². The molecule has 0 heterocycles. The lowest BCUT2D eigenvalue weighted by Gasteiger charge is -2.09. The van der Waals surface area contributed by atoms with Crippen molar-refractivity contribution in [2.24, 2.45) is 0 Å². The predicted octanol–water partition coefficient (Wildman–Crippen LogP) is 1.32. The maximum absolute atomic E-state index is 11.7. The van der Waals surface area contributed by atoms with Crippen molar-refractivity contribution >= 4 is 23.2 Å². The Labute approximate surface area is 155 Å². The van der Waals surface area contributed by atoms with Gasteiger partial charge in [0.25, 0.3) is 11.6 Å². The molecular formula is C18H20N4O5. The van der Waals surface area contributed by atoms with E-state index in [1.54, 1.807) is 42.5 Å². The van der Waals surface area contributed by atoms with Crippen molar-refractivity contribution < 1.29 is 19.2 Å². The fourth-order valence-electron chi connectivity index (χ4n) is 2.14. The molecule has 0 atom stereocenters. The highest BCUT2D eigenvalue weighted by Gasteiger charge is 2.11. The molecule has 0 fully saturated rings. The normalized spacial score (nSPS) is 9.93. The van der Waals surface area contributed by atoms with Crippen LogP contribution in [0.4, 0.5) is 11.4 Å². The number of rotatable bonds is 10. The summed E-state index contributed by atoms with van der Waals surface area (Å²) in [5, 5.41) is 18.8. The van der Waals surface area contributed by atoms with Crippen LogP contribution in [-0.4, -0.2) is 43.0 Å². The number of carbonyl (C=O) groups excluding carboxylic acids is 2. The first-order valence-corrected chi connectivity index (χ1v) is 8.25. The van der Waals surface area contributed by atoms with Crippen LogP contribution in [0.25, 0.3) is 0 Å². The van der Waals surface area contributed by atoms with Gasteiger partial charge in [0, 0.05) is 19.2 Å². The van der Waals surface area contributed by atoms with Crippen molar-refractivity contribution in [3.05, 3.63) is 64.7 Å². The number of amides is 2. The zero-order valence-electron chi connectivity index (χ0n) is 14.5. The number of anilines is 1. The molecule has 27 heavy (non-hydrogen) atoms. The molecule has 9 heteroatoms. The Bertz CT molecular complexity index is 782. The fourth-order valence-corrected chi connectivity index (χ4v) is 2.14. The van der Waals surface area contributed by atoms with Gasteiger partial charge in [0.15, 0.2) is 6.61 Å². The summed E-state index contributed by atoms with van der Waals surface area (Å²) in [6.07, 6.45) is 0. The molecule has 0 spiro atoms. The maximum Gasteiger partial charge on any atom is 0.292 e. The first-order chi connectivity index (χ1) is 13.1. The largest absolute Gasteiger partial charge is 0.484 e. The highest BCUT2D eigenvalue weighted by atomic mass is 16.6. The van der Waals surface area contributed by atoms with E-state index in [0.717, 1.165) is 0 Å². The van der Waals surface area contributed by atoms with Crippen molar-refractivity contribution in [1.29, 1.82) is 0 Å². The molecule has 0 aliphatic heterocycles. The maximum atomic E-state index is 11.7. The lowest BCUT2D eigenvalue weighted by Crippen LogP contribution is -2.40. The topological polar surface area (TPSA) is 123 Å². The second-order valence-corrected chi connectivity index (χ2v) is 5.43. The molecule has 142 valence electrons. The van der Waals surface area contributed by atoms with E-state index in [9.17, 15) is 19.7 Å². The Morgan fingerprint density at radius 2 is 1.63 bits per heavy atom. The average molecular weight is 372 g/mol. The number of nitrogens with one attached hydrogen (secondary N) is 3. The van der Waals surface area contributed by atoms with Crippen LogP contribution in [-0.2, 0) is 9.59 Å². The smallest absolute Gasteiger partial charge is 0.292 e. The number of ether oxygens (including phenoxy) is 1. The van der Waals surface area contributed by atoms with Crippen LogP contribution in [0.1, 0.15) is 0 Å². The molecule has 0 radical (unpaired) electrons. The third-order valence-corrected chi connectivity index (χ3v) is 3.42. The SMILES string of the molecule is O=C(CNC(=O)COc1ccccc1)NCCNc1ccccc1[N+](=O)[O-]. The molecule has 0 aliphatic carbocycles. The number of nitro groups is 1. The Hall–Kier alpha value is -3.62. The first kappa shape index (κ1) is 19.7. The summed E-state index contributed by atoms with van der Waals surface area (Å²) in [7, 11) is 0. The Morgan fingerprint density at radius 1 is 0.926 bits per heavy atom. The number of benzene rings is 2. The van der Waals surface area contributed by atoms with Gasteiger partial charge >= 0.3 is 0 Å². The van der Waals surface area contributed by atoms with Gasteiger partial charge in [0.1, 0.15) is 11.4 Å². The molecule has 0 aromatic heterocycles. The fraction of sp³-hybridized carbons (Fsp3) is 0.222. The third-order valence-electron chi connectivity index (χ3n) is 3.42. The zero-order valence-corrected chi connectivity index (χ0v) is 14.5. The molecule has 0 unspecified atom stereocenters. The minimum atomic E-state index is -0.478. The summed E-state index contributed by atoms with van der Waals surface area (Å²) in [6, 6.07) is 15.1. The minimum absolute atomic E-state index is 0.0329. The van der Waals surface area contributed by atoms with E-state index in [1.807, 2.05) is 6.07 Å². The monoisotopic (exact) mass is 372 g/mol. The number of nitrogens with zero attached hydrogens (tertiary/aromatic N) is 1. The van der Waals surface area contributed by atoms with E-state index < -0.39 is 10.8 Å². The molecule has 2 aromatic rings. The van der Waals surface area contributed by atoms with Crippen LogP contribution >= 0.6 is 0 Å². The molecule has 2 aromatic carbocycles. The second-order valence-electron chi connectivity index (χ2n) is 5.43. The minimum Gasteiger partial charge on any atom is -0.484 e. The lowest BCUT2D eigenvalue weighted by atomic mass is 10.2. The van der Waals surface area contributed by atoms with Gasteiger partial charge in [-0.2, -0.15) is 0 Å². The van der Waals surface area contributed by atoms with Gasteiger partial charge in [-0.1, -0.05) is 30.3 Å². The number of nitro benzene ring substituents is 1. The molecule has 9 nitrogen and oxygen atoms in total. The van der Waals surface area contributed by atoms with Gasteiger partial charge in [-0.15, -0.1) is 0 Å². The van der Waals surface area contributed by atoms with Gasteiger partial charge in [0.05, 0.1) is 11.5 Å². The summed E-state index contributed by atoms with van der Waals surface area (Å²) in [6.45, 7) is 0.196. The van der Waals surface area contributed by atoms with Gasteiger partial charge in [0.2, 0.25) is 5.91 Å². The van der Waals surface area contributed by atoms with E-state index >= 15 is 0 Å². The molecule has 2 amide bonds. The molecule has 0 saturated heterocycles. The average Bonchev–Trinajstić information content (AvgIpc) is 2.69. The van der Waals surface area contributed by atoms with Crippen LogP contribution in [0.15, 0.2) is 54.6 Å². The van der Waals surface area contributed by atoms with Crippen molar-refractivity contribution in [1.82, 2.24) is 10.6 Å². The standard InChI is InChI=1S/C18H20N4O5/c23-17(12-21-18(24)13-27-14-6-2-1-3-7-14)20-11-10-19-15-8-4-5-9-16(15)22(25)26/h1-9,19H,10-13H2,(H,20,23)(H,21,24). The van der Waals surface area contributed by atoms with E-state index in [2.05, 4.69) is 16.0 Å². The third kappa shape index (κ3) is 7.02. The van der Waals surface area contributed by atoms with Crippen LogP contribution in [0.5, 0.6) is 5.75 Å². The van der Waals surface area contributed by atoms with Gasteiger partial charge in [-0.25, -0.2) is 0 Å². The van der Waals surface area contributed by atoms with E-state index in [-0.39, 0.29) is 31.3 Å². The van der Waals surface area contributed by atoms with Crippen LogP contribution in [0, 0.1) is 10.1 Å². The molecule has 0 bridgehead atoms. The molecular weight excluding hydrogens is 352 g/mol. The van der Waals surface area contributed by atoms with Gasteiger partial charge in [-0.3, -0.25) is 19.7 Å². The number of carbonyl (C=O) groups is 2.